The fourth-order valence-electron chi connectivity index (χ4n) is 4.15. The minimum atomic E-state index is -0.427. The normalized spacial score (nSPS) is 16.1. The number of halogens is 4. The van der Waals surface area contributed by atoms with Crippen LogP contribution in [-0.2, 0) is 0 Å². The molecule has 2 N–H and O–H groups in total. The first kappa shape index (κ1) is 28.7. The summed E-state index contributed by atoms with van der Waals surface area (Å²) in [6.45, 7) is 0.628. The van der Waals surface area contributed by atoms with E-state index in [9.17, 15) is 9.59 Å². The van der Waals surface area contributed by atoms with Crippen LogP contribution in [0.2, 0.25) is 20.1 Å². The molecule has 2 aromatic carbocycles. The molecule has 0 saturated carbocycles. The highest BCUT2D eigenvalue weighted by Crippen LogP contribution is 2.31. The number of thiocarbonyl (C=S) groups is 2. The van der Waals surface area contributed by atoms with Crippen molar-refractivity contribution in [3.8, 4) is 0 Å². The van der Waals surface area contributed by atoms with E-state index in [1.54, 1.807) is 36.4 Å². The molecule has 2 aromatic rings. The van der Waals surface area contributed by atoms with E-state index in [0.717, 1.165) is 12.8 Å². The second-order valence-electron chi connectivity index (χ2n) is 8.52. The third-order valence-corrected chi connectivity index (χ3v) is 7.54. The molecule has 0 atom stereocenters. The van der Waals surface area contributed by atoms with Gasteiger partial charge in [-0.1, -0.05) is 83.7 Å². The summed E-state index contributed by atoms with van der Waals surface area (Å²) >= 11 is 34.9. The number of amidine groups is 2. The van der Waals surface area contributed by atoms with E-state index in [2.05, 4.69) is 0 Å². The maximum absolute atomic E-state index is 13.0. The van der Waals surface area contributed by atoms with E-state index < -0.39 is 12.1 Å². The minimum Gasteiger partial charge on any atom is -0.282 e. The molecule has 14 heteroatoms. The average molecular weight is 630 g/mol. The van der Waals surface area contributed by atoms with Crippen LogP contribution < -0.4 is 9.80 Å². The zero-order valence-corrected chi connectivity index (χ0v) is 24.3. The van der Waals surface area contributed by atoms with Crippen LogP contribution in [0.15, 0.2) is 36.4 Å². The maximum atomic E-state index is 13.0. The minimum absolute atomic E-state index is 0.0491. The first-order chi connectivity index (χ1) is 18.0. The number of carbonyl (C=O) groups is 2. The molecule has 0 radical (unpaired) electrons. The van der Waals surface area contributed by atoms with Crippen LogP contribution in [0, 0.1) is 10.8 Å². The summed E-state index contributed by atoms with van der Waals surface area (Å²) in [4.78, 5) is 31.3. The number of carbonyl (C=O) groups excluding carboxylic acids is 2. The summed E-state index contributed by atoms with van der Waals surface area (Å²) in [5.74, 6) is -0.0983. The molecule has 2 fully saturated rings. The third kappa shape index (κ3) is 5.80. The van der Waals surface area contributed by atoms with Crippen LogP contribution in [0.4, 0.5) is 21.0 Å². The fraction of sp³-hybridized carbons (Fsp3) is 0.250. The Morgan fingerprint density at radius 1 is 0.579 bits per heavy atom. The van der Waals surface area contributed by atoms with Crippen LogP contribution >= 0.6 is 70.8 Å². The predicted molar refractivity (Wildman–Crippen MR) is 161 cm³/mol. The molecule has 38 heavy (non-hydrogen) atoms. The summed E-state index contributed by atoms with van der Waals surface area (Å²) in [6, 6.07) is 8.52. The molecule has 4 rings (SSSR count). The molecule has 2 heterocycles. The van der Waals surface area contributed by atoms with Crippen molar-refractivity contribution in [1.29, 1.82) is 10.8 Å². The molecular formula is C24H20Cl4N6O2S2. The quantitative estimate of drug-likeness (QED) is 0.220. The molecule has 2 saturated heterocycles. The second kappa shape index (κ2) is 11.8. The molecular weight excluding hydrogens is 610 g/mol. The van der Waals surface area contributed by atoms with Crippen molar-refractivity contribution in [3.63, 3.8) is 0 Å². The Morgan fingerprint density at radius 3 is 1.21 bits per heavy atom. The monoisotopic (exact) mass is 628 g/mol. The Labute approximate surface area is 250 Å². The van der Waals surface area contributed by atoms with Crippen molar-refractivity contribution >= 4 is 116 Å². The van der Waals surface area contributed by atoms with Crippen molar-refractivity contribution in [2.45, 2.75) is 25.7 Å². The molecule has 8 nitrogen and oxygen atoms in total. The van der Waals surface area contributed by atoms with E-state index in [1.165, 1.54) is 19.6 Å². The van der Waals surface area contributed by atoms with E-state index in [1.807, 2.05) is 0 Å². The number of hydrogen-bond donors (Lipinski definition) is 2. The first-order valence-electron chi connectivity index (χ1n) is 11.4. The van der Waals surface area contributed by atoms with E-state index in [-0.39, 0.29) is 21.6 Å². The van der Waals surface area contributed by atoms with Crippen LogP contribution in [0.5, 0.6) is 0 Å². The van der Waals surface area contributed by atoms with Gasteiger partial charge >= 0.3 is 12.1 Å². The summed E-state index contributed by atoms with van der Waals surface area (Å²) in [6.07, 6.45) is 2.72. The summed E-state index contributed by atoms with van der Waals surface area (Å²) in [5, 5.41) is 18.0. The molecule has 0 aromatic heterocycles. The number of unbranched alkanes of at least 4 members (excludes halogenated alkanes) is 3. The Morgan fingerprint density at radius 2 is 0.895 bits per heavy atom. The van der Waals surface area contributed by atoms with Gasteiger partial charge in [-0.05, 0) is 49.2 Å². The van der Waals surface area contributed by atoms with Gasteiger partial charge in [0.2, 0.25) is 0 Å². The summed E-state index contributed by atoms with van der Waals surface area (Å²) in [7, 11) is 0. The number of amides is 4. The van der Waals surface area contributed by atoms with Gasteiger partial charge in [0.25, 0.3) is 0 Å². The van der Waals surface area contributed by atoms with Gasteiger partial charge in [0.15, 0.2) is 21.6 Å². The number of urea groups is 2. The second-order valence-corrected chi connectivity index (χ2v) is 11.0. The largest absolute Gasteiger partial charge is 0.335 e. The van der Waals surface area contributed by atoms with Crippen molar-refractivity contribution in [3.05, 3.63) is 56.5 Å². The van der Waals surface area contributed by atoms with Gasteiger partial charge in [-0.2, -0.15) is 0 Å². The number of hydrogen-bond acceptors (Lipinski definition) is 6. The smallest absolute Gasteiger partial charge is 0.282 e. The lowest BCUT2D eigenvalue weighted by Crippen LogP contribution is -2.34. The van der Waals surface area contributed by atoms with Crippen LogP contribution in [-0.4, -0.2) is 56.6 Å². The molecule has 2 aliphatic rings. The number of benzene rings is 2. The standard InChI is InChI=1S/C24H20Cl4N6O2S2/c25-13-7-14(26)10-17(9-13)33-21(37)19(29)31(23(33)35)5-3-1-2-4-6-32-20(30)22(38)34(24(32)36)18-11-15(27)8-16(28)12-18/h7-12,29-30H,1-6H2. The number of rotatable bonds is 9. The van der Waals surface area contributed by atoms with Crippen molar-refractivity contribution < 1.29 is 9.59 Å². The highest BCUT2D eigenvalue weighted by Gasteiger charge is 2.40. The Kier molecular flexibility index (Phi) is 8.91. The van der Waals surface area contributed by atoms with Crippen molar-refractivity contribution in [2.24, 2.45) is 0 Å². The Hall–Kier alpha value is -2.34. The lowest BCUT2D eigenvalue weighted by molar-refractivity contribution is 0.230. The topological polar surface area (TPSA) is 94.8 Å². The molecule has 0 aliphatic carbocycles. The highest BCUT2D eigenvalue weighted by atomic mass is 35.5. The lowest BCUT2D eigenvalue weighted by Gasteiger charge is -2.18. The van der Waals surface area contributed by atoms with Gasteiger partial charge in [-0.25, -0.2) is 19.4 Å². The fourth-order valence-corrected chi connectivity index (χ4v) is 5.77. The van der Waals surface area contributed by atoms with Gasteiger partial charge < -0.3 is 0 Å². The van der Waals surface area contributed by atoms with Crippen molar-refractivity contribution in [2.75, 3.05) is 22.9 Å². The summed E-state index contributed by atoms with van der Waals surface area (Å²) < 4.78 is 0. The molecule has 0 spiro atoms. The molecule has 198 valence electrons. The Balaban J connectivity index is 1.28. The van der Waals surface area contributed by atoms with Gasteiger partial charge in [0, 0.05) is 33.2 Å². The predicted octanol–water partition coefficient (Wildman–Crippen LogP) is 7.65. The van der Waals surface area contributed by atoms with Crippen LogP contribution in [0.1, 0.15) is 25.7 Å². The van der Waals surface area contributed by atoms with Gasteiger partial charge in [0.05, 0.1) is 11.4 Å². The number of nitrogens with zero attached hydrogens (tertiary/aromatic N) is 4. The third-order valence-electron chi connectivity index (χ3n) is 5.92. The summed E-state index contributed by atoms with van der Waals surface area (Å²) in [5.41, 5.74) is 0.823. The van der Waals surface area contributed by atoms with E-state index in [0.29, 0.717) is 57.4 Å². The van der Waals surface area contributed by atoms with E-state index in [4.69, 9.17) is 81.7 Å². The maximum Gasteiger partial charge on any atom is 0.335 e. The Bertz CT molecular complexity index is 1240. The number of anilines is 2. The first-order valence-corrected chi connectivity index (χ1v) is 13.7. The lowest BCUT2D eigenvalue weighted by atomic mass is 10.2. The van der Waals surface area contributed by atoms with Crippen LogP contribution in [0.25, 0.3) is 0 Å². The van der Waals surface area contributed by atoms with Gasteiger partial charge in [0.1, 0.15) is 0 Å². The van der Waals surface area contributed by atoms with E-state index >= 15 is 0 Å². The highest BCUT2D eigenvalue weighted by molar-refractivity contribution is 7.82. The SMILES string of the molecule is N=C1C(=S)N(c2cc(Cl)cc(Cl)c2)C(=O)N1CCCCCCN1C(=N)C(=S)N(c2cc(Cl)cc(Cl)c2)C1=O. The average Bonchev–Trinajstić information content (AvgIpc) is 3.17. The molecule has 2 aliphatic heterocycles. The van der Waals surface area contributed by atoms with Gasteiger partial charge in [-0.15, -0.1) is 0 Å². The molecule has 4 amide bonds. The molecule has 0 bridgehead atoms. The van der Waals surface area contributed by atoms with Gasteiger partial charge in [-0.3, -0.25) is 20.6 Å². The number of nitrogens with one attached hydrogen (secondary N) is 2. The van der Waals surface area contributed by atoms with Crippen molar-refractivity contribution in [1.82, 2.24) is 9.80 Å². The zero-order chi connectivity index (χ0) is 27.7. The molecule has 0 unspecified atom stereocenters. The van der Waals surface area contributed by atoms with Crippen LogP contribution in [0.3, 0.4) is 0 Å². The zero-order valence-electron chi connectivity index (χ0n) is 19.6.